The Morgan fingerprint density at radius 2 is 1.71 bits per heavy atom. The number of hydrogen-bond donors (Lipinski definition) is 1. The second kappa shape index (κ2) is 6.95. The summed E-state index contributed by atoms with van der Waals surface area (Å²) in [7, 11) is 1.36. The molecule has 0 aliphatic rings. The molecule has 108 valence electrons. The van der Waals surface area contributed by atoms with Crippen LogP contribution in [0.25, 0.3) is 5.70 Å². The second-order valence-electron chi connectivity index (χ2n) is 4.58. The maximum absolute atomic E-state index is 11.5. The van der Waals surface area contributed by atoms with Crippen molar-refractivity contribution in [1.29, 1.82) is 0 Å². The van der Waals surface area contributed by atoms with Crippen molar-refractivity contribution >= 4 is 29.0 Å². The van der Waals surface area contributed by atoms with Crippen LogP contribution >= 0.6 is 11.6 Å². The van der Waals surface area contributed by atoms with Crippen LogP contribution < -0.4 is 5.32 Å². The molecule has 2 rings (SSSR count). The van der Waals surface area contributed by atoms with E-state index in [4.69, 9.17) is 16.3 Å². The summed E-state index contributed by atoms with van der Waals surface area (Å²) in [6.07, 6.45) is 1.43. The van der Waals surface area contributed by atoms with E-state index in [9.17, 15) is 4.79 Å². The number of rotatable bonds is 4. The molecule has 0 saturated heterocycles. The zero-order valence-electron chi connectivity index (χ0n) is 11.9. The van der Waals surface area contributed by atoms with Crippen molar-refractivity contribution in [3.8, 4) is 0 Å². The molecule has 0 bridgehead atoms. The highest BCUT2D eigenvalue weighted by atomic mass is 35.5. The van der Waals surface area contributed by atoms with Crippen LogP contribution in [0.4, 0.5) is 5.69 Å². The number of carbonyl (C=O) groups excluding carboxylic acids is 1. The Bertz CT molecular complexity index is 645. The highest BCUT2D eigenvalue weighted by Crippen LogP contribution is 2.21. The van der Waals surface area contributed by atoms with Gasteiger partial charge < -0.3 is 10.1 Å². The third-order valence-electron chi connectivity index (χ3n) is 2.95. The van der Waals surface area contributed by atoms with Crippen LogP contribution in [0.15, 0.2) is 54.6 Å². The van der Waals surface area contributed by atoms with Gasteiger partial charge in [-0.3, -0.25) is 0 Å². The molecule has 1 N–H and O–H groups in total. The molecule has 2 aromatic rings. The summed E-state index contributed by atoms with van der Waals surface area (Å²) in [4.78, 5) is 11.5. The van der Waals surface area contributed by atoms with Gasteiger partial charge in [0.05, 0.1) is 12.8 Å². The van der Waals surface area contributed by atoms with Crippen molar-refractivity contribution in [2.75, 3.05) is 12.4 Å². The normalized spacial score (nSPS) is 11.1. The smallest absolute Gasteiger partial charge is 0.332 e. The average Bonchev–Trinajstić information content (AvgIpc) is 2.49. The molecule has 3 nitrogen and oxygen atoms in total. The summed E-state index contributed by atoms with van der Waals surface area (Å²) < 4.78 is 4.71. The van der Waals surface area contributed by atoms with Gasteiger partial charge in [-0.25, -0.2) is 4.79 Å². The molecule has 0 radical (unpaired) electrons. The van der Waals surface area contributed by atoms with Crippen LogP contribution in [0.5, 0.6) is 0 Å². The van der Waals surface area contributed by atoms with Gasteiger partial charge in [0.1, 0.15) is 0 Å². The van der Waals surface area contributed by atoms with E-state index in [1.165, 1.54) is 13.2 Å². The van der Waals surface area contributed by atoms with Gasteiger partial charge in [-0.15, -0.1) is 0 Å². The van der Waals surface area contributed by atoms with Gasteiger partial charge in [0.15, 0.2) is 0 Å². The summed E-state index contributed by atoms with van der Waals surface area (Å²) in [5, 5.41) is 3.87. The Balaban J connectivity index is 2.32. The third kappa shape index (κ3) is 4.36. The van der Waals surface area contributed by atoms with E-state index in [1.54, 1.807) is 12.1 Å². The molecule has 0 spiro atoms. The first-order valence-electron chi connectivity index (χ1n) is 6.48. The van der Waals surface area contributed by atoms with Crippen LogP contribution in [0.3, 0.4) is 0 Å². The molecule has 0 atom stereocenters. The Morgan fingerprint density at radius 3 is 2.29 bits per heavy atom. The molecule has 21 heavy (non-hydrogen) atoms. The lowest BCUT2D eigenvalue weighted by Gasteiger charge is -2.12. The minimum atomic E-state index is -0.410. The Hall–Kier alpha value is -2.26. The number of carbonyl (C=O) groups is 1. The van der Waals surface area contributed by atoms with E-state index in [1.807, 2.05) is 43.3 Å². The number of anilines is 1. The number of aryl methyl sites for hydroxylation is 1. The summed E-state index contributed by atoms with van der Waals surface area (Å²) in [6.45, 7) is 2.01. The van der Waals surface area contributed by atoms with Crippen LogP contribution in [0.1, 0.15) is 11.1 Å². The molecule has 0 amide bonds. The van der Waals surface area contributed by atoms with Gasteiger partial charge in [0.2, 0.25) is 0 Å². The van der Waals surface area contributed by atoms with E-state index >= 15 is 0 Å². The zero-order valence-corrected chi connectivity index (χ0v) is 12.6. The zero-order chi connectivity index (χ0) is 15.2. The van der Waals surface area contributed by atoms with Gasteiger partial charge in [0, 0.05) is 16.8 Å². The Kier molecular flexibility index (Phi) is 5.01. The number of hydrogen-bond acceptors (Lipinski definition) is 3. The lowest BCUT2D eigenvalue weighted by atomic mass is 10.1. The largest absolute Gasteiger partial charge is 0.466 e. The molecule has 0 aliphatic heterocycles. The highest BCUT2D eigenvalue weighted by molar-refractivity contribution is 6.30. The predicted octanol–water partition coefficient (Wildman–Crippen LogP) is 4.27. The number of ether oxygens (including phenoxy) is 1. The number of esters is 1. The second-order valence-corrected chi connectivity index (χ2v) is 5.02. The molecular formula is C17H16ClNO2. The fourth-order valence-corrected chi connectivity index (χ4v) is 1.92. The fourth-order valence-electron chi connectivity index (χ4n) is 1.79. The van der Waals surface area contributed by atoms with Crippen LogP contribution in [-0.4, -0.2) is 13.1 Å². The van der Waals surface area contributed by atoms with E-state index in [2.05, 4.69) is 5.32 Å². The molecule has 0 saturated carbocycles. The van der Waals surface area contributed by atoms with Crippen molar-refractivity contribution in [3.63, 3.8) is 0 Å². The minimum absolute atomic E-state index is 0.410. The topological polar surface area (TPSA) is 38.3 Å². The van der Waals surface area contributed by atoms with Gasteiger partial charge in [-0.1, -0.05) is 41.4 Å². The van der Waals surface area contributed by atoms with Crippen LogP contribution in [-0.2, 0) is 9.53 Å². The maximum atomic E-state index is 11.5. The molecule has 0 aliphatic carbocycles. The lowest BCUT2D eigenvalue weighted by molar-refractivity contribution is -0.134. The molecule has 0 unspecified atom stereocenters. The molecule has 4 heteroatoms. The average molecular weight is 302 g/mol. The maximum Gasteiger partial charge on any atom is 0.332 e. The lowest BCUT2D eigenvalue weighted by Crippen LogP contribution is -2.04. The SMILES string of the molecule is COC(=O)/C=C(\Nc1ccc(Cl)cc1)c1ccc(C)cc1. The standard InChI is InChI=1S/C17H16ClNO2/c1-12-3-5-13(6-4-12)16(11-17(20)21-2)19-15-9-7-14(18)8-10-15/h3-11,19H,1-2H3/b16-11-. The number of benzene rings is 2. The third-order valence-corrected chi connectivity index (χ3v) is 3.20. The quantitative estimate of drug-likeness (QED) is 0.677. The summed E-state index contributed by atoms with van der Waals surface area (Å²) in [6, 6.07) is 15.2. The van der Waals surface area contributed by atoms with Crippen molar-refractivity contribution in [2.24, 2.45) is 0 Å². The van der Waals surface area contributed by atoms with Crippen molar-refractivity contribution in [1.82, 2.24) is 0 Å². The van der Waals surface area contributed by atoms with Gasteiger partial charge in [-0.05, 0) is 36.8 Å². The molecule has 0 fully saturated rings. The van der Waals surface area contributed by atoms with Crippen molar-refractivity contribution in [2.45, 2.75) is 6.92 Å². The molecule has 0 heterocycles. The van der Waals surface area contributed by atoms with Crippen molar-refractivity contribution < 1.29 is 9.53 Å². The summed E-state index contributed by atoms with van der Waals surface area (Å²) >= 11 is 5.87. The van der Waals surface area contributed by atoms with Gasteiger partial charge in [-0.2, -0.15) is 0 Å². The first-order chi connectivity index (χ1) is 10.1. The number of methoxy groups -OCH3 is 1. The van der Waals surface area contributed by atoms with Gasteiger partial charge in [0.25, 0.3) is 0 Å². The molecular weight excluding hydrogens is 286 g/mol. The van der Waals surface area contributed by atoms with Crippen LogP contribution in [0, 0.1) is 6.92 Å². The van der Waals surface area contributed by atoms with Gasteiger partial charge >= 0.3 is 5.97 Å². The minimum Gasteiger partial charge on any atom is -0.466 e. The van der Waals surface area contributed by atoms with E-state index < -0.39 is 5.97 Å². The Morgan fingerprint density at radius 1 is 1.10 bits per heavy atom. The monoisotopic (exact) mass is 301 g/mol. The first kappa shape index (κ1) is 15.1. The summed E-state index contributed by atoms with van der Waals surface area (Å²) in [5.41, 5.74) is 3.57. The fraction of sp³-hybridized carbons (Fsp3) is 0.118. The van der Waals surface area contributed by atoms with E-state index in [-0.39, 0.29) is 0 Å². The Labute approximate surface area is 129 Å². The van der Waals surface area contributed by atoms with Crippen molar-refractivity contribution in [3.05, 3.63) is 70.8 Å². The van der Waals surface area contributed by atoms with E-state index in [0.717, 1.165) is 16.8 Å². The molecule has 2 aromatic carbocycles. The van der Waals surface area contributed by atoms with Crippen LogP contribution in [0.2, 0.25) is 5.02 Å². The van der Waals surface area contributed by atoms with E-state index in [0.29, 0.717) is 10.7 Å². The number of halogens is 1. The molecule has 0 aromatic heterocycles. The number of nitrogens with one attached hydrogen (secondary N) is 1. The highest BCUT2D eigenvalue weighted by Gasteiger charge is 2.06. The first-order valence-corrected chi connectivity index (χ1v) is 6.85. The summed E-state index contributed by atoms with van der Waals surface area (Å²) in [5.74, 6) is -0.410. The predicted molar refractivity (Wildman–Crippen MR) is 86.2 cm³/mol.